The van der Waals surface area contributed by atoms with Crippen molar-refractivity contribution in [1.29, 1.82) is 0 Å². The second-order valence-corrected chi connectivity index (χ2v) is 10.2. The molecule has 2 aromatic rings. The summed E-state index contributed by atoms with van der Waals surface area (Å²) < 4.78 is 37.9. The zero-order valence-electron chi connectivity index (χ0n) is 18.6. The summed E-state index contributed by atoms with van der Waals surface area (Å²) in [5.74, 6) is -0.651. The molecule has 0 saturated carbocycles. The van der Waals surface area contributed by atoms with Crippen LogP contribution in [-0.2, 0) is 30.7 Å². The number of anilines is 1. The minimum atomic E-state index is -3.84. The third-order valence-corrected chi connectivity index (χ3v) is 5.98. The van der Waals surface area contributed by atoms with E-state index in [4.69, 9.17) is 21.1 Å². The second-order valence-electron chi connectivity index (χ2n) is 8.13. The molecule has 0 aliphatic rings. The van der Waals surface area contributed by atoms with E-state index in [2.05, 4.69) is 10.0 Å². The molecule has 2 aromatic carbocycles. The van der Waals surface area contributed by atoms with E-state index < -0.39 is 33.7 Å². The van der Waals surface area contributed by atoms with Crippen LogP contribution in [0.1, 0.15) is 31.9 Å². The van der Waals surface area contributed by atoms with Gasteiger partial charge in [0.05, 0.1) is 12.0 Å². The Morgan fingerprint density at radius 2 is 1.72 bits per heavy atom. The van der Waals surface area contributed by atoms with Gasteiger partial charge in [0.1, 0.15) is 11.6 Å². The van der Waals surface area contributed by atoms with Crippen molar-refractivity contribution in [2.45, 2.75) is 50.7 Å². The number of hydrogen-bond donors (Lipinski definition) is 2. The number of methoxy groups -OCH3 is 1. The molecular weight excluding hydrogens is 456 g/mol. The van der Waals surface area contributed by atoms with Crippen molar-refractivity contribution in [3.05, 3.63) is 58.6 Å². The maximum atomic E-state index is 12.7. The van der Waals surface area contributed by atoms with Crippen LogP contribution in [0.5, 0.6) is 0 Å². The van der Waals surface area contributed by atoms with Crippen LogP contribution in [-0.4, -0.2) is 39.2 Å². The molecule has 0 fully saturated rings. The number of benzene rings is 2. The first-order valence-corrected chi connectivity index (χ1v) is 11.6. The Morgan fingerprint density at radius 3 is 2.28 bits per heavy atom. The lowest BCUT2D eigenvalue weighted by atomic mass is 10.0. The lowest BCUT2D eigenvalue weighted by molar-refractivity contribution is -0.143. The fraction of sp³-hybridized carbons (Fsp3) is 0.364. The maximum absolute atomic E-state index is 12.7. The van der Waals surface area contributed by atoms with Gasteiger partial charge in [-0.25, -0.2) is 18.0 Å². The Labute approximate surface area is 193 Å². The highest BCUT2D eigenvalue weighted by Crippen LogP contribution is 2.22. The molecule has 0 bridgehead atoms. The largest absolute Gasteiger partial charge is 0.467 e. The fourth-order valence-corrected chi connectivity index (χ4v) is 3.96. The summed E-state index contributed by atoms with van der Waals surface area (Å²) in [6.45, 7) is 6.94. The summed E-state index contributed by atoms with van der Waals surface area (Å²) in [6.07, 6.45) is -0.681. The van der Waals surface area contributed by atoms with Gasteiger partial charge >= 0.3 is 12.1 Å². The first-order valence-electron chi connectivity index (χ1n) is 9.76. The number of aryl methyl sites for hydroxylation is 1. The van der Waals surface area contributed by atoms with E-state index in [9.17, 15) is 18.0 Å². The van der Waals surface area contributed by atoms with Crippen molar-refractivity contribution < 1.29 is 27.5 Å². The number of carbonyl (C=O) groups excluding carboxylic acids is 2. The zero-order chi connectivity index (χ0) is 24.1. The van der Waals surface area contributed by atoms with E-state index in [1.54, 1.807) is 39.0 Å². The summed E-state index contributed by atoms with van der Waals surface area (Å²) >= 11 is 5.83. The fourth-order valence-electron chi connectivity index (χ4n) is 2.79. The first kappa shape index (κ1) is 25.5. The molecule has 0 unspecified atom stereocenters. The molecule has 8 nitrogen and oxygen atoms in total. The maximum Gasteiger partial charge on any atom is 0.408 e. The Bertz CT molecular complexity index is 1080. The molecule has 0 aliphatic heterocycles. The topological polar surface area (TPSA) is 111 Å². The summed E-state index contributed by atoms with van der Waals surface area (Å²) in [5.41, 5.74) is 1.02. The van der Waals surface area contributed by atoms with Crippen molar-refractivity contribution in [2.75, 3.05) is 11.8 Å². The predicted octanol–water partition coefficient (Wildman–Crippen LogP) is 4.06. The molecule has 2 N–H and O–H groups in total. The molecule has 0 heterocycles. The van der Waals surface area contributed by atoms with E-state index >= 15 is 0 Å². The van der Waals surface area contributed by atoms with Gasteiger partial charge in [-0.05, 0) is 75.2 Å². The van der Waals surface area contributed by atoms with Gasteiger partial charge in [0, 0.05) is 17.1 Å². The van der Waals surface area contributed by atoms with Crippen LogP contribution in [0.3, 0.4) is 0 Å². The van der Waals surface area contributed by atoms with Gasteiger partial charge in [0.25, 0.3) is 10.0 Å². The third kappa shape index (κ3) is 7.42. The number of carbonyl (C=O) groups is 2. The van der Waals surface area contributed by atoms with Gasteiger partial charge in [-0.3, -0.25) is 4.72 Å². The zero-order valence-corrected chi connectivity index (χ0v) is 20.1. The molecule has 0 saturated heterocycles. The predicted molar refractivity (Wildman–Crippen MR) is 122 cm³/mol. The molecule has 174 valence electrons. The normalized spacial score (nSPS) is 12.6. The first-order chi connectivity index (χ1) is 14.8. The average Bonchev–Trinajstić information content (AvgIpc) is 2.68. The molecule has 1 atom stereocenters. The van der Waals surface area contributed by atoms with Gasteiger partial charge in [-0.1, -0.05) is 17.7 Å². The number of nitrogens with one attached hydrogen (secondary N) is 2. The third-order valence-electron chi connectivity index (χ3n) is 4.33. The number of rotatable bonds is 7. The molecule has 0 radical (unpaired) electrons. The Kier molecular flexibility index (Phi) is 8.14. The summed E-state index contributed by atoms with van der Waals surface area (Å²) in [4.78, 5) is 24.5. The van der Waals surface area contributed by atoms with Gasteiger partial charge in [0.2, 0.25) is 0 Å². The number of amides is 1. The van der Waals surface area contributed by atoms with Crippen molar-refractivity contribution in [3.63, 3.8) is 0 Å². The number of alkyl carbamates (subject to hydrolysis) is 1. The van der Waals surface area contributed by atoms with Crippen LogP contribution in [0.2, 0.25) is 5.02 Å². The molecule has 0 spiro atoms. The lowest BCUT2D eigenvalue weighted by Gasteiger charge is -2.23. The van der Waals surface area contributed by atoms with Crippen molar-refractivity contribution >= 4 is 39.4 Å². The molecule has 0 aliphatic carbocycles. The molecular formula is C22H27ClN2O6S. The summed E-state index contributed by atoms with van der Waals surface area (Å²) in [6, 6.07) is 9.69. The van der Waals surface area contributed by atoms with E-state index in [0.717, 1.165) is 5.56 Å². The number of halogens is 1. The highest BCUT2D eigenvalue weighted by atomic mass is 35.5. The number of esters is 1. The minimum Gasteiger partial charge on any atom is -0.467 e. The smallest absolute Gasteiger partial charge is 0.408 e. The quantitative estimate of drug-likeness (QED) is 0.576. The van der Waals surface area contributed by atoms with Gasteiger partial charge < -0.3 is 14.8 Å². The molecule has 32 heavy (non-hydrogen) atoms. The Morgan fingerprint density at radius 1 is 1.09 bits per heavy atom. The number of ether oxygens (including phenoxy) is 2. The summed E-state index contributed by atoms with van der Waals surface area (Å²) in [5, 5.41) is 2.94. The average molecular weight is 483 g/mol. The summed E-state index contributed by atoms with van der Waals surface area (Å²) in [7, 11) is -2.62. The van der Waals surface area contributed by atoms with E-state index in [1.165, 1.54) is 31.4 Å². The van der Waals surface area contributed by atoms with Crippen LogP contribution >= 0.6 is 11.6 Å². The van der Waals surface area contributed by atoms with Crippen LogP contribution in [0, 0.1) is 6.92 Å². The van der Waals surface area contributed by atoms with Gasteiger partial charge in [0.15, 0.2) is 0 Å². The minimum absolute atomic E-state index is 0.0584. The Balaban J connectivity index is 2.25. The van der Waals surface area contributed by atoms with E-state index in [-0.39, 0.29) is 11.3 Å². The molecule has 0 aromatic heterocycles. The number of sulfonamides is 1. The highest BCUT2D eigenvalue weighted by molar-refractivity contribution is 7.92. The van der Waals surface area contributed by atoms with Crippen LogP contribution in [0.15, 0.2) is 47.4 Å². The van der Waals surface area contributed by atoms with Gasteiger partial charge in [-0.15, -0.1) is 0 Å². The van der Waals surface area contributed by atoms with Crippen LogP contribution < -0.4 is 10.0 Å². The molecule has 2 rings (SSSR count). The lowest BCUT2D eigenvalue weighted by Crippen LogP contribution is -2.45. The van der Waals surface area contributed by atoms with Crippen molar-refractivity contribution in [3.8, 4) is 0 Å². The highest BCUT2D eigenvalue weighted by Gasteiger charge is 2.26. The monoisotopic (exact) mass is 482 g/mol. The van der Waals surface area contributed by atoms with Crippen LogP contribution in [0.4, 0.5) is 10.5 Å². The van der Waals surface area contributed by atoms with Crippen molar-refractivity contribution in [1.82, 2.24) is 5.32 Å². The SMILES string of the molecule is COC(=O)[C@H](Cc1cc(NS(=O)(=O)c2ccc(Cl)cc2)ccc1C)NC(=O)OC(C)(C)C. The molecule has 10 heteroatoms. The van der Waals surface area contributed by atoms with Gasteiger partial charge in [-0.2, -0.15) is 0 Å². The van der Waals surface area contributed by atoms with Crippen LogP contribution in [0.25, 0.3) is 0 Å². The van der Waals surface area contributed by atoms with E-state index in [0.29, 0.717) is 16.3 Å². The van der Waals surface area contributed by atoms with Crippen molar-refractivity contribution in [2.24, 2.45) is 0 Å². The second kappa shape index (κ2) is 10.2. The Hall–Kier alpha value is -2.78. The molecule has 1 amide bonds. The van der Waals surface area contributed by atoms with E-state index in [1.807, 2.05) is 6.92 Å². The standard InChI is InChI=1S/C22H27ClN2O6S/c1-14-6-9-17(25-32(28,29)18-10-7-16(23)8-11-18)12-15(14)13-19(20(26)30-5)24-21(27)31-22(2,3)4/h6-12,19,25H,13H2,1-5H3,(H,24,27)/t19-/m0/s1. The number of hydrogen-bond acceptors (Lipinski definition) is 6.